The number of rotatable bonds is 4. The van der Waals surface area contributed by atoms with E-state index in [0.29, 0.717) is 25.2 Å². The molecule has 2 saturated heterocycles. The van der Waals surface area contributed by atoms with Gasteiger partial charge in [0.1, 0.15) is 11.5 Å². The Labute approximate surface area is 192 Å². The van der Waals surface area contributed by atoms with Gasteiger partial charge in [-0.2, -0.15) is 26.3 Å². The highest BCUT2D eigenvalue weighted by molar-refractivity contribution is 5.90. The first kappa shape index (κ1) is 24.4. The quantitative estimate of drug-likeness (QED) is 0.634. The molecule has 0 saturated carbocycles. The SMILES string of the molecule is Cc1ccc(CN2CCN(C3CN(C(=O)Nc4cc(C(F)(F)F)cc(C(F)(F)F)c4)C3)CC2)o1. The Kier molecular flexibility index (Phi) is 6.56. The fraction of sp³-hybridized carbons (Fsp3) is 0.500. The molecule has 4 rings (SSSR count). The topological polar surface area (TPSA) is 52.0 Å². The molecule has 0 atom stereocenters. The third-order valence-corrected chi connectivity index (χ3v) is 6.09. The minimum atomic E-state index is -4.97. The number of halogens is 6. The maximum Gasteiger partial charge on any atom is 0.416 e. The molecule has 2 aromatic rings. The number of piperazine rings is 1. The number of nitrogens with one attached hydrogen (secondary N) is 1. The van der Waals surface area contributed by atoms with Gasteiger partial charge in [-0.3, -0.25) is 9.80 Å². The average Bonchev–Trinajstić information content (AvgIpc) is 3.11. The van der Waals surface area contributed by atoms with E-state index < -0.39 is 35.2 Å². The van der Waals surface area contributed by atoms with Gasteiger partial charge in [0, 0.05) is 51.0 Å². The first-order chi connectivity index (χ1) is 15.9. The van der Waals surface area contributed by atoms with Crippen molar-refractivity contribution in [2.24, 2.45) is 0 Å². The summed E-state index contributed by atoms with van der Waals surface area (Å²) in [7, 11) is 0. The van der Waals surface area contributed by atoms with Crippen molar-refractivity contribution < 1.29 is 35.6 Å². The van der Waals surface area contributed by atoms with Crippen molar-refractivity contribution in [2.45, 2.75) is 31.9 Å². The van der Waals surface area contributed by atoms with Crippen LogP contribution in [0.4, 0.5) is 36.8 Å². The number of alkyl halides is 6. The first-order valence-electron chi connectivity index (χ1n) is 10.8. The second kappa shape index (κ2) is 9.14. The van der Waals surface area contributed by atoms with Gasteiger partial charge in [0.25, 0.3) is 0 Å². The molecule has 1 aromatic heterocycles. The van der Waals surface area contributed by atoms with Crippen molar-refractivity contribution in [3.63, 3.8) is 0 Å². The number of likely N-dealkylation sites (tertiary alicyclic amines) is 1. The van der Waals surface area contributed by atoms with E-state index in [9.17, 15) is 31.1 Å². The molecule has 1 aromatic carbocycles. The standard InChI is InChI=1S/C22H24F6N4O2/c1-14-2-3-19(34-14)13-30-4-6-31(7-5-30)18-11-32(12-18)20(33)29-17-9-15(21(23,24)25)8-16(10-17)22(26,27)28/h2-3,8-10,18H,4-7,11-13H2,1H3,(H,29,33). The fourth-order valence-corrected chi connectivity index (χ4v) is 4.16. The molecule has 2 amide bonds. The number of carbonyl (C=O) groups excluding carboxylic acids is 1. The molecule has 0 radical (unpaired) electrons. The molecule has 34 heavy (non-hydrogen) atoms. The summed E-state index contributed by atoms with van der Waals surface area (Å²) < 4.78 is 83.7. The monoisotopic (exact) mass is 490 g/mol. The number of amides is 2. The molecule has 0 spiro atoms. The molecular formula is C22H24F6N4O2. The normalized spacial score (nSPS) is 18.7. The number of carbonyl (C=O) groups is 1. The zero-order valence-corrected chi connectivity index (χ0v) is 18.3. The van der Waals surface area contributed by atoms with Gasteiger partial charge in [-0.25, -0.2) is 4.79 Å². The Hall–Kier alpha value is -2.73. The molecule has 1 N–H and O–H groups in total. The minimum absolute atomic E-state index is 0.0298. The molecule has 2 aliphatic rings. The average molecular weight is 490 g/mol. The number of nitrogens with zero attached hydrogens (tertiary/aromatic N) is 3. The maximum atomic E-state index is 13.0. The molecule has 2 aliphatic heterocycles. The number of aryl methyl sites for hydroxylation is 1. The number of hydrogen-bond donors (Lipinski definition) is 1. The summed E-state index contributed by atoms with van der Waals surface area (Å²) in [6.07, 6.45) is -9.94. The van der Waals surface area contributed by atoms with Crippen molar-refractivity contribution in [1.82, 2.24) is 14.7 Å². The van der Waals surface area contributed by atoms with Crippen LogP contribution in [0.2, 0.25) is 0 Å². The van der Waals surface area contributed by atoms with Gasteiger partial charge in [0.2, 0.25) is 0 Å². The highest BCUT2D eigenvalue weighted by atomic mass is 19.4. The Morgan fingerprint density at radius 1 is 0.971 bits per heavy atom. The predicted octanol–water partition coefficient (Wildman–Crippen LogP) is 4.66. The first-order valence-corrected chi connectivity index (χ1v) is 10.8. The summed E-state index contributed by atoms with van der Waals surface area (Å²) in [5, 5.41) is 2.18. The van der Waals surface area contributed by atoms with E-state index in [1.807, 2.05) is 19.1 Å². The number of anilines is 1. The summed E-state index contributed by atoms with van der Waals surface area (Å²) in [6, 6.07) is 4.28. The Balaban J connectivity index is 1.29. The van der Waals surface area contributed by atoms with E-state index in [2.05, 4.69) is 15.1 Å². The number of benzene rings is 1. The Bertz CT molecular complexity index is 989. The summed E-state index contributed by atoms with van der Waals surface area (Å²) in [4.78, 5) is 18.3. The largest absolute Gasteiger partial charge is 0.465 e. The second-order valence-corrected chi connectivity index (χ2v) is 8.61. The van der Waals surface area contributed by atoms with Gasteiger partial charge < -0.3 is 14.6 Å². The van der Waals surface area contributed by atoms with Crippen LogP contribution in [0, 0.1) is 6.92 Å². The van der Waals surface area contributed by atoms with E-state index in [1.54, 1.807) is 0 Å². The summed E-state index contributed by atoms with van der Waals surface area (Å²) in [6.45, 7) is 6.56. The zero-order valence-electron chi connectivity index (χ0n) is 18.3. The van der Waals surface area contributed by atoms with Crippen LogP contribution in [0.3, 0.4) is 0 Å². The van der Waals surface area contributed by atoms with Crippen LogP contribution in [-0.2, 0) is 18.9 Å². The van der Waals surface area contributed by atoms with E-state index in [1.165, 1.54) is 4.90 Å². The van der Waals surface area contributed by atoms with Gasteiger partial charge in [-0.1, -0.05) is 0 Å². The molecule has 3 heterocycles. The lowest BCUT2D eigenvalue weighted by atomic mass is 10.1. The fourth-order valence-electron chi connectivity index (χ4n) is 4.16. The van der Waals surface area contributed by atoms with Gasteiger partial charge in [-0.05, 0) is 37.3 Å². The molecule has 6 nitrogen and oxygen atoms in total. The second-order valence-electron chi connectivity index (χ2n) is 8.61. The number of urea groups is 1. The Morgan fingerprint density at radius 3 is 2.06 bits per heavy atom. The number of furan rings is 1. The Morgan fingerprint density at radius 2 is 1.56 bits per heavy atom. The van der Waals surface area contributed by atoms with Crippen LogP contribution in [0.25, 0.3) is 0 Å². The zero-order chi connectivity index (χ0) is 24.7. The van der Waals surface area contributed by atoms with E-state index >= 15 is 0 Å². The summed E-state index contributed by atoms with van der Waals surface area (Å²) in [5.74, 6) is 1.77. The van der Waals surface area contributed by atoms with Crippen molar-refractivity contribution >= 4 is 11.7 Å². The van der Waals surface area contributed by atoms with Crippen LogP contribution in [0.1, 0.15) is 22.6 Å². The summed E-state index contributed by atoms with van der Waals surface area (Å²) in [5.41, 5.74) is -3.49. The van der Waals surface area contributed by atoms with Crippen molar-refractivity contribution in [3.8, 4) is 0 Å². The van der Waals surface area contributed by atoms with Crippen LogP contribution >= 0.6 is 0 Å². The molecule has 12 heteroatoms. The molecule has 186 valence electrons. The summed E-state index contributed by atoms with van der Waals surface area (Å²) >= 11 is 0. The van der Waals surface area contributed by atoms with Crippen LogP contribution in [-0.4, -0.2) is 66.0 Å². The minimum Gasteiger partial charge on any atom is -0.465 e. The van der Waals surface area contributed by atoms with Crippen molar-refractivity contribution in [1.29, 1.82) is 0 Å². The highest BCUT2D eigenvalue weighted by Gasteiger charge is 2.39. The van der Waals surface area contributed by atoms with Gasteiger partial charge in [0.05, 0.1) is 17.7 Å². The molecule has 0 bridgehead atoms. The van der Waals surface area contributed by atoms with E-state index in [0.717, 1.165) is 44.2 Å². The highest BCUT2D eigenvalue weighted by Crippen LogP contribution is 2.37. The van der Waals surface area contributed by atoms with E-state index in [-0.39, 0.29) is 12.1 Å². The van der Waals surface area contributed by atoms with Crippen molar-refractivity contribution in [2.75, 3.05) is 44.6 Å². The smallest absolute Gasteiger partial charge is 0.416 e. The van der Waals surface area contributed by atoms with Crippen LogP contribution < -0.4 is 5.32 Å². The lowest BCUT2D eigenvalue weighted by molar-refractivity contribution is -0.143. The van der Waals surface area contributed by atoms with E-state index in [4.69, 9.17) is 4.42 Å². The maximum absolute atomic E-state index is 13.0. The molecule has 0 unspecified atom stereocenters. The van der Waals surface area contributed by atoms with Gasteiger partial charge >= 0.3 is 18.4 Å². The molecular weight excluding hydrogens is 466 g/mol. The van der Waals surface area contributed by atoms with Gasteiger partial charge in [-0.15, -0.1) is 0 Å². The lowest BCUT2D eigenvalue weighted by Gasteiger charge is -2.47. The predicted molar refractivity (Wildman–Crippen MR) is 111 cm³/mol. The number of hydrogen-bond acceptors (Lipinski definition) is 4. The third kappa shape index (κ3) is 5.66. The van der Waals surface area contributed by atoms with Crippen LogP contribution in [0.5, 0.6) is 0 Å². The van der Waals surface area contributed by atoms with Crippen molar-refractivity contribution in [3.05, 3.63) is 53.0 Å². The van der Waals surface area contributed by atoms with Gasteiger partial charge in [0.15, 0.2) is 0 Å². The third-order valence-electron chi connectivity index (χ3n) is 6.09. The molecule has 2 fully saturated rings. The lowest BCUT2D eigenvalue weighted by Crippen LogP contribution is -2.64. The van der Waals surface area contributed by atoms with Crippen LogP contribution in [0.15, 0.2) is 34.7 Å². The molecule has 0 aliphatic carbocycles.